The third-order valence-electron chi connectivity index (χ3n) is 2.56. The highest BCUT2D eigenvalue weighted by molar-refractivity contribution is 5.25. The summed E-state index contributed by atoms with van der Waals surface area (Å²) in [4.78, 5) is 10.3. The molecule has 0 saturated carbocycles. The second kappa shape index (κ2) is 11.3. The quantitative estimate of drug-likeness (QED) is 0.879. The Morgan fingerprint density at radius 2 is 1.71 bits per heavy atom. The number of nitrogens with zero attached hydrogens (tertiary/aromatic N) is 1. The molecule has 17 heavy (non-hydrogen) atoms. The Bertz CT molecular complexity index is 287. The van der Waals surface area contributed by atoms with Gasteiger partial charge in [0.05, 0.1) is 0 Å². The molecule has 0 radical (unpaired) electrons. The minimum Gasteiger partial charge on any atom is -0.400 e. The maximum absolute atomic E-state index is 8.00. The molecule has 0 heterocycles. The van der Waals surface area contributed by atoms with Gasteiger partial charge in [-0.15, -0.1) is 0 Å². The monoisotopic (exact) mass is 239 g/mol. The maximum Gasteiger partial charge on any atom is 0.106 e. The van der Waals surface area contributed by atoms with Crippen LogP contribution in [0.25, 0.3) is 0 Å². The van der Waals surface area contributed by atoms with E-state index in [9.17, 15) is 0 Å². The highest BCUT2D eigenvalue weighted by atomic mass is 16.2. The molecular weight excluding hydrogens is 214 g/mol. The lowest BCUT2D eigenvalue weighted by atomic mass is 10.1. The summed E-state index contributed by atoms with van der Waals surface area (Å²) in [7, 11) is 3.16. The van der Waals surface area contributed by atoms with Gasteiger partial charge in [0, 0.05) is 19.7 Å². The highest BCUT2D eigenvalue weighted by Crippen LogP contribution is 2.10. The van der Waals surface area contributed by atoms with Gasteiger partial charge < -0.3 is 9.90 Å². The molecule has 0 unspecified atom stereocenters. The number of aliphatic hydroxyl groups is 1. The van der Waals surface area contributed by atoms with Crippen molar-refractivity contribution in [1.29, 1.82) is 0 Å². The van der Waals surface area contributed by atoms with Gasteiger partial charge in [-0.2, -0.15) is 0 Å². The lowest BCUT2D eigenvalue weighted by Gasteiger charge is -2.21. The first kappa shape index (κ1) is 18.2. The summed E-state index contributed by atoms with van der Waals surface area (Å²) in [6, 6.07) is 9.18. The number of benzene rings is 1. The summed E-state index contributed by atoms with van der Waals surface area (Å²) < 4.78 is 0. The van der Waals surface area contributed by atoms with E-state index in [4.69, 9.17) is 9.90 Å². The summed E-state index contributed by atoms with van der Waals surface area (Å²) in [5, 5.41) is 7.00. The lowest BCUT2D eigenvalue weighted by Crippen LogP contribution is -2.25. The van der Waals surface area contributed by atoms with Crippen molar-refractivity contribution in [2.24, 2.45) is 0 Å². The van der Waals surface area contributed by atoms with Gasteiger partial charge in [-0.3, -0.25) is 4.90 Å². The summed E-state index contributed by atoms with van der Waals surface area (Å²) in [6.07, 6.45) is 0. The first-order chi connectivity index (χ1) is 8.11. The smallest absolute Gasteiger partial charge is 0.106 e. The van der Waals surface area contributed by atoms with Crippen LogP contribution in [-0.4, -0.2) is 37.0 Å². The van der Waals surface area contributed by atoms with Crippen molar-refractivity contribution < 1.29 is 9.90 Å². The van der Waals surface area contributed by atoms with Crippen LogP contribution < -0.4 is 0 Å². The van der Waals surface area contributed by atoms with Crippen LogP contribution in [0.4, 0.5) is 0 Å². The molecule has 0 spiro atoms. The Labute approximate surface area is 105 Å². The molecule has 98 valence electrons. The van der Waals surface area contributed by atoms with Gasteiger partial charge >= 0.3 is 0 Å². The van der Waals surface area contributed by atoms with E-state index in [0.717, 1.165) is 13.7 Å². The molecule has 0 saturated heterocycles. The summed E-state index contributed by atoms with van der Waals surface area (Å²) in [5.74, 6) is 0. The number of aryl methyl sites for hydroxylation is 1. The van der Waals surface area contributed by atoms with Crippen molar-refractivity contribution >= 4 is 6.79 Å². The van der Waals surface area contributed by atoms with E-state index in [1.54, 1.807) is 0 Å². The molecule has 0 bridgehead atoms. The number of aliphatic hydroxyl groups excluding tert-OH is 1. The molecule has 0 aromatic heterocycles. The molecule has 1 N–H and O–H groups in total. The van der Waals surface area contributed by atoms with Gasteiger partial charge in [0.15, 0.2) is 0 Å². The average Bonchev–Trinajstić information content (AvgIpc) is 2.37. The van der Waals surface area contributed by atoms with Gasteiger partial charge in [0.1, 0.15) is 6.79 Å². The number of carbonyl (C=O) groups is 1. The van der Waals surface area contributed by atoms with Crippen LogP contribution in [0.1, 0.15) is 25.0 Å². The zero-order chi connectivity index (χ0) is 13.8. The van der Waals surface area contributed by atoms with Crippen molar-refractivity contribution in [2.45, 2.75) is 33.4 Å². The average molecular weight is 239 g/mol. The highest BCUT2D eigenvalue weighted by Gasteiger charge is 2.04. The van der Waals surface area contributed by atoms with E-state index in [1.165, 1.54) is 11.1 Å². The fraction of sp³-hybridized carbons (Fsp3) is 0.500. The van der Waals surface area contributed by atoms with Crippen molar-refractivity contribution in [3.05, 3.63) is 35.4 Å². The Hall–Kier alpha value is -1.19. The summed E-state index contributed by atoms with van der Waals surface area (Å²) in [5.41, 5.74) is 2.81. The van der Waals surface area contributed by atoms with Crippen LogP contribution in [0.5, 0.6) is 0 Å². The van der Waals surface area contributed by atoms with Crippen molar-refractivity contribution in [2.75, 3.05) is 14.2 Å². The third-order valence-corrected chi connectivity index (χ3v) is 2.56. The minimum absolute atomic E-state index is 0.611. The molecule has 1 aromatic carbocycles. The molecule has 0 aliphatic carbocycles. The molecule has 1 aromatic rings. The fourth-order valence-electron chi connectivity index (χ4n) is 1.24. The van der Waals surface area contributed by atoms with Gasteiger partial charge in [-0.25, -0.2) is 0 Å². The molecule has 0 aliphatic rings. The van der Waals surface area contributed by atoms with Gasteiger partial charge in [0.2, 0.25) is 0 Å². The maximum atomic E-state index is 8.00. The van der Waals surface area contributed by atoms with E-state index < -0.39 is 0 Å². The first-order valence-corrected chi connectivity index (χ1v) is 5.59. The summed E-state index contributed by atoms with van der Waals surface area (Å²) >= 11 is 0. The van der Waals surface area contributed by atoms with Crippen molar-refractivity contribution in [3.8, 4) is 0 Å². The second-order valence-electron chi connectivity index (χ2n) is 3.94. The van der Waals surface area contributed by atoms with E-state index in [0.29, 0.717) is 6.04 Å². The minimum atomic E-state index is 0.611. The molecule has 1 rings (SSSR count). The summed E-state index contributed by atoms with van der Waals surface area (Å²) in [6.45, 7) is 9.66. The standard InChI is InChI=1S/C12H19N.CH4O.CH2O/c1-10(2)13(4)9-12-8-6-5-7-11(12)3;2*1-2/h5-8,10H,9H2,1-4H3;2H,1H3;1H2. The second-order valence-corrected chi connectivity index (χ2v) is 3.94. The molecule has 0 fully saturated rings. The van der Waals surface area contributed by atoms with E-state index in [2.05, 4.69) is 57.0 Å². The Kier molecular flexibility index (Phi) is 12.1. The zero-order valence-electron chi connectivity index (χ0n) is 11.6. The molecule has 3 nitrogen and oxygen atoms in total. The van der Waals surface area contributed by atoms with Crippen LogP contribution in [0.15, 0.2) is 24.3 Å². The number of carbonyl (C=O) groups excluding carboxylic acids is 1. The van der Waals surface area contributed by atoms with Gasteiger partial charge in [0.25, 0.3) is 0 Å². The number of rotatable bonds is 3. The van der Waals surface area contributed by atoms with Crippen molar-refractivity contribution in [1.82, 2.24) is 4.90 Å². The zero-order valence-corrected chi connectivity index (χ0v) is 11.6. The fourth-order valence-corrected chi connectivity index (χ4v) is 1.24. The largest absolute Gasteiger partial charge is 0.400 e. The van der Waals surface area contributed by atoms with Crippen LogP contribution >= 0.6 is 0 Å². The number of hydrogen-bond donors (Lipinski definition) is 1. The molecule has 3 heteroatoms. The molecule has 0 aliphatic heterocycles. The van der Waals surface area contributed by atoms with Gasteiger partial charge in [-0.1, -0.05) is 24.3 Å². The Morgan fingerprint density at radius 3 is 2.12 bits per heavy atom. The van der Waals surface area contributed by atoms with Crippen molar-refractivity contribution in [3.63, 3.8) is 0 Å². The van der Waals surface area contributed by atoms with Crippen LogP contribution in [0.3, 0.4) is 0 Å². The molecule has 0 amide bonds. The normalized spacial score (nSPS) is 9.18. The predicted octanol–water partition coefficient (Wildman–Crippen LogP) is 2.26. The Balaban J connectivity index is 0. The molecule has 0 atom stereocenters. The van der Waals surface area contributed by atoms with Crippen LogP contribution in [0.2, 0.25) is 0 Å². The molecular formula is C14H25NO2. The van der Waals surface area contributed by atoms with Crippen LogP contribution in [0, 0.1) is 6.92 Å². The lowest BCUT2D eigenvalue weighted by molar-refractivity contribution is -0.0979. The third kappa shape index (κ3) is 7.66. The van der Waals surface area contributed by atoms with Gasteiger partial charge in [-0.05, 0) is 38.9 Å². The van der Waals surface area contributed by atoms with E-state index >= 15 is 0 Å². The Morgan fingerprint density at radius 1 is 1.24 bits per heavy atom. The predicted molar refractivity (Wildman–Crippen MR) is 73.0 cm³/mol. The topological polar surface area (TPSA) is 40.5 Å². The van der Waals surface area contributed by atoms with Crippen LogP contribution in [-0.2, 0) is 11.3 Å². The van der Waals surface area contributed by atoms with E-state index in [1.807, 2.05) is 6.79 Å². The number of hydrogen-bond acceptors (Lipinski definition) is 3. The SMILES string of the molecule is C=O.CO.Cc1ccccc1CN(C)C(C)C. The first-order valence-electron chi connectivity index (χ1n) is 5.59. The van der Waals surface area contributed by atoms with E-state index in [-0.39, 0.29) is 0 Å².